The molecule has 0 bridgehead atoms. The predicted molar refractivity (Wildman–Crippen MR) is 219 cm³/mol. The molecule has 52 heavy (non-hydrogen) atoms. The fourth-order valence-electron chi connectivity index (χ4n) is 7.90. The van der Waals surface area contributed by atoms with Crippen LogP contribution in [0.3, 0.4) is 0 Å². The molecule has 11 aromatic rings. The first kappa shape index (κ1) is 29.1. The van der Waals surface area contributed by atoms with Crippen molar-refractivity contribution in [2.75, 3.05) is 0 Å². The Hall–Kier alpha value is -6.62. The number of aromatic nitrogens is 2. The van der Waals surface area contributed by atoms with Crippen molar-refractivity contribution in [3.63, 3.8) is 0 Å². The fourth-order valence-corrected chi connectivity index (χ4v) is 9.26. The highest BCUT2D eigenvalue weighted by Crippen LogP contribution is 2.51. The van der Waals surface area contributed by atoms with Gasteiger partial charge < -0.3 is 4.42 Å². The molecule has 3 heterocycles. The normalized spacial score (nSPS) is 11.8. The monoisotopic (exact) mass is 680 g/mol. The second-order valence-corrected chi connectivity index (χ2v) is 14.3. The summed E-state index contributed by atoms with van der Waals surface area (Å²) >= 11 is 1.82. The van der Waals surface area contributed by atoms with Gasteiger partial charge in [0.15, 0.2) is 5.58 Å². The third kappa shape index (κ3) is 4.45. The van der Waals surface area contributed by atoms with E-state index in [0.29, 0.717) is 5.89 Å². The van der Waals surface area contributed by atoms with Crippen molar-refractivity contribution in [2.24, 2.45) is 0 Å². The highest BCUT2D eigenvalue weighted by atomic mass is 32.1. The minimum absolute atomic E-state index is 0.625. The first-order chi connectivity index (χ1) is 25.8. The van der Waals surface area contributed by atoms with Crippen LogP contribution in [-0.2, 0) is 0 Å². The minimum atomic E-state index is 0.625. The van der Waals surface area contributed by atoms with E-state index in [0.717, 1.165) is 44.4 Å². The summed E-state index contributed by atoms with van der Waals surface area (Å²) in [6.07, 6.45) is 0. The number of rotatable bonds is 4. The summed E-state index contributed by atoms with van der Waals surface area (Å²) < 4.78 is 7.33. The maximum atomic E-state index is 6.14. The highest BCUT2D eigenvalue weighted by Gasteiger charge is 2.23. The Morgan fingerprint density at radius 1 is 0.404 bits per heavy atom. The molecule has 0 spiro atoms. The van der Waals surface area contributed by atoms with Crippen LogP contribution in [0.1, 0.15) is 0 Å². The van der Waals surface area contributed by atoms with Gasteiger partial charge in [0.05, 0.1) is 15.9 Å². The lowest BCUT2D eigenvalue weighted by molar-refractivity contribution is 0.620. The summed E-state index contributed by atoms with van der Waals surface area (Å²) in [4.78, 5) is 11.3. The van der Waals surface area contributed by atoms with Crippen LogP contribution in [0.15, 0.2) is 174 Å². The van der Waals surface area contributed by atoms with E-state index in [9.17, 15) is 0 Å². The molecule has 0 atom stereocenters. The van der Waals surface area contributed by atoms with E-state index in [2.05, 4.69) is 146 Å². The second kappa shape index (κ2) is 11.5. The van der Waals surface area contributed by atoms with Gasteiger partial charge >= 0.3 is 0 Å². The zero-order valence-electron chi connectivity index (χ0n) is 27.9. The van der Waals surface area contributed by atoms with Crippen molar-refractivity contribution < 1.29 is 4.42 Å². The third-order valence-electron chi connectivity index (χ3n) is 10.3. The van der Waals surface area contributed by atoms with Crippen LogP contribution in [0.25, 0.3) is 109 Å². The summed E-state index contributed by atoms with van der Waals surface area (Å²) in [6.45, 7) is 0. The largest absolute Gasteiger partial charge is 0.436 e. The van der Waals surface area contributed by atoms with E-state index in [4.69, 9.17) is 14.4 Å². The molecule has 0 saturated carbocycles. The molecular weight excluding hydrogens is 653 g/mol. The van der Waals surface area contributed by atoms with Crippen LogP contribution in [0.4, 0.5) is 0 Å². The maximum absolute atomic E-state index is 6.14. The Morgan fingerprint density at radius 3 is 1.67 bits per heavy atom. The van der Waals surface area contributed by atoms with E-state index in [-0.39, 0.29) is 0 Å². The number of benzene rings is 8. The second-order valence-electron chi connectivity index (χ2n) is 13.3. The van der Waals surface area contributed by atoms with E-state index >= 15 is 0 Å². The van der Waals surface area contributed by atoms with Gasteiger partial charge in [-0.1, -0.05) is 133 Å². The number of oxazole rings is 1. The topological polar surface area (TPSA) is 38.9 Å². The average Bonchev–Trinajstić information content (AvgIpc) is 3.84. The van der Waals surface area contributed by atoms with Crippen molar-refractivity contribution in [3.8, 4) is 44.3 Å². The SMILES string of the molecule is c1ccc(-c2nc3ccccc3c3c(-c4ccc5c6ccccc6c6ccccc6c5c4)c(-c4ccc(-c5nc6ccccc6o5)cc4)sc23)cc1. The molecule has 3 nitrogen and oxygen atoms in total. The number of hydrogen-bond donors (Lipinski definition) is 0. The number of para-hydroxylation sites is 3. The van der Waals surface area contributed by atoms with Gasteiger partial charge in [0.2, 0.25) is 5.89 Å². The first-order valence-electron chi connectivity index (χ1n) is 17.5. The molecule has 0 amide bonds. The number of nitrogens with zero attached hydrogens (tertiary/aromatic N) is 2. The van der Waals surface area contributed by atoms with Gasteiger partial charge in [-0.3, -0.25) is 0 Å². The van der Waals surface area contributed by atoms with E-state index in [1.165, 1.54) is 58.4 Å². The van der Waals surface area contributed by atoms with Crippen molar-refractivity contribution in [2.45, 2.75) is 0 Å². The number of hydrogen-bond acceptors (Lipinski definition) is 4. The molecular formula is C48H28N2OS. The molecule has 0 aliphatic rings. The number of thiophene rings is 1. The highest BCUT2D eigenvalue weighted by molar-refractivity contribution is 7.23. The molecule has 0 unspecified atom stereocenters. The molecule has 8 aromatic carbocycles. The van der Waals surface area contributed by atoms with Crippen molar-refractivity contribution in [1.29, 1.82) is 0 Å². The molecule has 0 fully saturated rings. The predicted octanol–water partition coefficient (Wildman–Crippen LogP) is 13.7. The molecule has 4 heteroatoms. The lowest BCUT2D eigenvalue weighted by Crippen LogP contribution is -1.89. The molecule has 0 saturated heterocycles. The smallest absolute Gasteiger partial charge is 0.227 e. The Morgan fingerprint density at radius 2 is 0.962 bits per heavy atom. The molecule has 0 aliphatic carbocycles. The quantitative estimate of drug-likeness (QED) is 0.174. The Labute approximate surface area is 303 Å². The average molecular weight is 681 g/mol. The van der Waals surface area contributed by atoms with Crippen molar-refractivity contribution in [1.82, 2.24) is 9.97 Å². The van der Waals surface area contributed by atoms with Gasteiger partial charge in [0.25, 0.3) is 0 Å². The molecule has 3 aromatic heterocycles. The van der Waals surface area contributed by atoms with Gasteiger partial charge in [-0.25, -0.2) is 9.97 Å². The number of fused-ring (bicyclic) bond motifs is 10. The van der Waals surface area contributed by atoms with Gasteiger partial charge in [-0.15, -0.1) is 11.3 Å². The summed E-state index contributed by atoms with van der Waals surface area (Å²) in [7, 11) is 0. The van der Waals surface area contributed by atoms with Crippen molar-refractivity contribution >= 4 is 75.7 Å². The molecule has 0 aliphatic heterocycles. The summed E-state index contributed by atoms with van der Waals surface area (Å²) in [6, 6.07) is 60.4. The zero-order valence-corrected chi connectivity index (χ0v) is 28.7. The summed E-state index contributed by atoms with van der Waals surface area (Å²) in [5, 5.41) is 9.99. The van der Waals surface area contributed by atoms with Gasteiger partial charge in [-0.2, -0.15) is 0 Å². The summed E-state index contributed by atoms with van der Waals surface area (Å²) in [5.41, 5.74) is 9.26. The number of pyridine rings is 1. The van der Waals surface area contributed by atoms with Gasteiger partial charge in [0, 0.05) is 32.3 Å². The van der Waals surface area contributed by atoms with Crippen LogP contribution in [0, 0.1) is 0 Å². The Bertz CT molecular complexity index is 3110. The maximum Gasteiger partial charge on any atom is 0.227 e. The van der Waals surface area contributed by atoms with Gasteiger partial charge in [-0.05, 0) is 79.8 Å². The van der Waals surface area contributed by atoms with E-state index < -0.39 is 0 Å². The first-order valence-corrected chi connectivity index (χ1v) is 18.3. The minimum Gasteiger partial charge on any atom is -0.436 e. The molecule has 0 N–H and O–H groups in total. The molecule has 11 rings (SSSR count). The Balaban J connectivity index is 1.22. The van der Waals surface area contributed by atoms with Crippen LogP contribution >= 0.6 is 11.3 Å². The standard InChI is InChI=1S/C48H28N2OS/c1-2-12-29(13-3-1)45-47-44(38-18-8-9-19-40(38)49-45)43(46(52-47)30-22-24-31(25-23-30)48-50-41-20-10-11-21-42(41)51-48)32-26-27-37-35-16-5-4-14-33(35)34-15-6-7-17-36(34)39(37)28-32/h1-28H. The molecule has 242 valence electrons. The van der Waals surface area contributed by atoms with E-state index in [1.54, 1.807) is 0 Å². The van der Waals surface area contributed by atoms with Crippen LogP contribution in [0.5, 0.6) is 0 Å². The Kier molecular flexibility index (Phi) is 6.42. The van der Waals surface area contributed by atoms with Crippen molar-refractivity contribution in [3.05, 3.63) is 170 Å². The van der Waals surface area contributed by atoms with E-state index in [1.807, 2.05) is 35.6 Å². The molecule has 0 radical (unpaired) electrons. The zero-order chi connectivity index (χ0) is 34.2. The van der Waals surface area contributed by atoms with Crippen LogP contribution in [-0.4, -0.2) is 9.97 Å². The third-order valence-corrected chi connectivity index (χ3v) is 11.5. The van der Waals surface area contributed by atoms with Crippen LogP contribution in [0.2, 0.25) is 0 Å². The van der Waals surface area contributed by atoms with Gasteiger partial charge in [0.1, 0.15) is 5.52 Å². The lowest BCUT2D eigenvalue weighted by Gasteiger charge is -2.13. The fraction of sp³-hybridized carbons (Fsp3) is 0. The lowest BCUT2D eigenvalue weighted by atomic mass is 9.90. The van der Waals surface area contributed by atoms with Crippen LogP contribution < -0.4 is 0 Å². The summed E-state index contributed by atoms with van der Waals surface area (Å²) in [5.74, 6) is 0.625.